The van der Waals surface area contributed by atoms with E-state index in [1.54, 1.807) is 24.3 Å². The summed E-state index contributed by atoms with van der Waals surface area (Å²) in [4.78, 5) is 25.9. The second kappa shape index (κ2) is 8.39. The van der Waals surface area contributed by atoms with Crippen molar-refractivity contribution in [2.75, 3.05) is 18.6 Å². The fourth-order valence-corrected chi connectivity index (χ4v) is 4.50. The molecule has 1 amide bonds. The fourth-order valence-electron chi connectivity index (χ4n) is 2.73. The molecule has 1 aliphatic rings. The highest BCUT2D eigenvalue weighted by molar-refractivity contribution is 7.91. The van der Waals surface area contributed by atoms with Gasteiger partial charge in [-0.25, -0.2) is 13.2 Å². The highest BCUT2D eigenvalue weighted by Gasteiger charge is 2.35. The van der Waals surface area contributed by atoms with Crippen molar-refractivity contribution in [3.8, 4) is 11.8 Å². The van der Waals surface area contributed by atoms with Crippen LogP contribution in [0.5, 0.6) is 5.75 Å². The van der Waals surface area contributed by atoms with Gasteiger partial charge in [0.25, 0.3) is 5.91 Å². The minimum Gasteiger partial charge on any atom is -0.479 e. The van der Waals surface area contributed by atoms with Crippen LogP contribution in [0.3, 0.4) is 0 Å². The van der Waals surface area contributed by atoms with Gasteiger partial charge in [-0.15, -0.1) is 0 Å². The Kier molecular flexibility index (Phi) is 6.44. The summed E-state index contributed by atoms with van der Waals surface area (Å²) in [5, 5.41) is 8.77. The van der Waals surface area contributed by atoms with Gasteiger partial charge in [0.1, 0.15) is 5.75 Å². The van der Waals surface area contributed by atoms with E-state index in [0.717, 1.165) is 0 Å². The smallest absolute Gasteiger partial charge is 0.347 e. The number of hydrogen-bond acceptors (Lipinski definition) is 7. The van der Waals surface area contributed by atoms with Crippen molar-refractivity contribution in [3.05, 3.63) is 29.8 Å². The molecule has 0 unspecified atom stereocenters. The Labute approximate surface area is 158 Å². The molecule has 2 rings (SSSR count). The van der Waals surface area contributed by atoms with E-state index in [2.05, 4.69) is 0 Å². The van der Waals surface area contributed by atoms with Crippen LogP contribution in [0.2, 0.25) is 0 Å². The Hall–Kier alpha value is -2.60. The van der Waals surface area contributed by atoms with Crippen LogP contribution >= 0.6 is 0 Å². The zero-order chi connectivity index (χ0) is 20.2. The van der Waals surface area contributed by atoms with E-state index in [4.69, 9.17) is 14.7 Å². The Morgan fingerprint density at radius 1 is 1.22 bits per heavy atom. The quantitative estimate of drug-likeness (QED) is 0.659. The van der Waals surface area contributed by atoms with Crippen molar-refractivity contribution in [3.63, 3.8) is 0 Å². The fraction of sp³-hybridized carbons (Fsp3) is 0.500. The first kappa shape index (κ1) is 20.7. The number of nitrogens with zero attached hydrogens (tertiary/aromatic N) is 2. The molecule has 0 bridgehead atoms. The zero-order valence-electron chi connectivity index (χ0n) is 15.4. The first-order chi connectivity index (χ1) is 12.6. The highest BCUT2D eigenvalue weighted by atomic mass is 32.2. The second-order valence-corrected chi connectivity index (χ2v) is 8.71. The predicted octanol–water partition coefficient (Wildman–Crippen LogP) is 0.903. The van der Waals surface area contributed by atoms with Crippen molar-refractivity contribution in [1.82, 2.24) is 4.90 Å². The van der Waals surface area contributed by atoms with Gasteiger partial charge >= 0.3 is 5.97 Å². The van der Waals surface area contributed by atoms with E-state index in [9.17, 15) is 18.0 Å². The summed E-state index contributed by atoms with van der Waals surface area (Å²) in [5.41, 5.74) is 0.466. The predicted molar refractivity (Wildman–Crippen MR) is 96.6 cm³/mol. The Balaban J connectivity index is 1.89. The van der Waals surface area contributed by atoms with Crippen LogP contribution in [0, 0.1) is 11.3 Å². The molecule has 27 heavy (non-hydrogen) atoms. The largest absolute Gasteiger partial charge is 0.479 e. The van der Waals surface area contributed by atoms with Crippen molar-refractivity contribution in [2.24, 2.45) is 0 Å². The topological polar surface area (TPSA) is 114 Å². The molecule has 0 aliphatic carbocycles. The Morgan fingerprint density at radius 3 is 2.37 bits per heavy atom. The van der Waals surface area contributed by atoms with E-state index in [1.807, 2.05) is 6.07 Å². The monoisotopic (exact) mass is 394 g/mol. The number of hydrogen-bond donors (Lipinski definition) is 0. The number of rotatable bonds is 6. The molecule has 0 aromatic heterocycles. The van der Waals surface area contributed by atoms with Gasteiger partial charge in [-0.3, -0.25) is 4.79 Å². The van der Waals surface area contributed by atoms with Crippen LogP contribution in [-0.4, -0.2) is 62.0 Å². The van der Waals surface area contributed by atoms with Gasteiger partial charge in [-0.05, 0) is 44.5 Å². The Bertz CT molecular complexity index is 844. The molecule has 3 atom stereocenters. The number of esters is 1. The zero-order valence-corrected chi connectivity index (χ0v) is 16.2. The maximum Gasteiger partial charge on any atom is 0.347 e. The van der Waals surface area contributed by atoms with Crippen LogP contribution in [-0.2, 0) is 24.2 Å². The number of amides is 1. The van der Waals surface area contributed by atoms with Gasteiger partial charge in [-0.2, -0.15) is 5.26 Å². The third-order valence-electron chi connectivity index (χ3n) is 4.37. The Morgan fingerprint density at radius 2 is 1.85 bits per heavy atom. The van der Waals surface area contributed by atoms with Crippen molar-refractivity contribution < 1.29 is 27.5 Å². The van der Waals surface area contributed by atoms with E-state index < -0.39 is 40.0 Å². The molecule has 0 N–H and O–H groups in total. The van der Waals surface area contributed by atoms with E-state index in [0.29, 0.717) is 17.7 Å². The van der Waals surface area contributed by atoms with E-state index >= 15 is 0 Å². The molecular weight excluding hydrogens is 372 g/mol. The summed E-state index contributed by atoms with van der Waals surface area (Å²) in [5.74, 6) is -0.804. The molecule has 0 radical (unpaired) electrons. The normalized spacial score (nSPS) is 20.1. The third-order valence-corrected chi connectivity index (χ3v) is 6.12. The van der Waals surface area contributed by atoms with Gasteiger partial charge in [0.15, 0.2) is 22.0 Å². The van der Waals surface area contributed by atoms with Gasteiger partial charge in [0.05, 0.1) is 23.1 Å². The molecule has 1 aromatic rings. The molecule has 9 heteroatoms. The summed E-state index contributed by atoms with van der Waals surface area (Å²) in [7, 11) is -1.61. The minimum atomic E-state index is -3.12. The molecule has 8 nitrogen and oxygen atoms in total. The second-order valence-electron chi connectivity index (χ2n) is 6.48. The minimum absolute atomic E-state index is 0.0545. The maximum atomic E-state index is 12.4. The average molecular weight is 394 g/mol. The lowest BCUT2D eigenvalue weighted by atomic mass is 10.2. The number of carbonyl (C=O) groups excluding carboxylic acids is 2. The lowest BCUT2D eigenvalue weighted by Crippen LogP contribution is -2.45. The van der Waals surface area contributed by atoms with Crippen molar-refractivity contribution in [2.45, 2.75) is 38.5 Å². The van der Waals surface area contributed by atoms with E-state index in [-0.39, 0.29) is 11.5 Å². The molecule has 0 spiro atoms. The van der Waals surface area contributed by atoms with Gasteiger partial charge < -0.3 is 14.4 Å². The van der Waals surface area contributed by atoms with Gasteiger partial charge in [-0.1, -0.05) is 0 Å². The SMILES string of the molecule is C[C@H](OC(=O)[C@@H](C)Oc1ccc(C#N)cc1)C(=O)N(C)[C@@H]1CCS(=O)(=O)C1. The van der Waals surface area contributed by atoms with Crippen molar-refractivity contribution >= 4 is 21.7 Å². The molecule has 1 fully saturated rings. The summed E-state index contributed by atoms with van der Waals surface area (Å²) in [6.07, 6.45) is -1.63. The molecule has 146 valence electrons. The standard InChI is InChI=1S/C18H22N2O6S/c1-12(17(21)20(3)15-8-9-27(23,24)11-15)26-18(22)13(2)25-16-6-4-14(10-19)5-7-16/h4-7,12-13,15H,8-9,11H2,1-3H3/t12-,13+,15+/m0/s1. The first-order valence-corrected chi connectivity index (χ1v) is 10.3. The summed E-state index contributed by atoms with van der Waals surface area (Å²) in [6.45, 7) is 2.93. The third kappa shape index (κ3) is 5.44. The average Bonchev–Trinajstić information content (AvgIpc) is 3.00. The van der Waals surface area contributed by atoms with Crippen LogP contribution in [0.1, 0.15) is 25.8 Å². The van der Waals surface area contributed by atoms with Crippen LogP contribution in [0.15, 0.2) is 24.3 Å². The molecule has 0 saturated carbocycles. The summed E-state index contributed by atoms with van der Waals surface area (Å²) in [6, 6.07) is 7.81. The summed E-state index contributed by atoms with van der Waals surface area (Å²) < 4.78 is 33.7. The van der Waals surface area contributed by atoms with Crippen molar-refractivity contribution in [1.29, 1.82) is 5.26 Å². The molecule has 1 aliphatic heterocycles. The summed E-state index contributed by atoms with van der Waals surface area (Å²) >= 11 is 0. The molecule has 1 heterocycles. The molecule has 1 aromatic carbocycles. The number of carbonyl (C=O) groups is 2. The first-order valence-electron chi connectivity index (χ1n) is 8.47. The number of likely N-dealkylation sites (N-methyl/N-ethyl adjacent to an activating group) is 1. The molecule has 1 saturated heterocycles. The lowest BCUT2D eigenvalue weighted by molar-refractivity contribution is -0.164. The van der Waals surface area contributed by atoms with Crippen LogP contribution < -0.4 is 4.74 Å². The maximum absolute atomic E-state index is 12.4. The van der Waals surface area contributed by atoms with E-state index in [1.165, 1.54) is 25.8 Å². The van der Waals surface area contributed by atoms with Crippen LogP contribution in [0.4, 0.5) is 0 Å². The number of ether oxygens (including phenoxy) is 2. The number of benzene rings is 1. The van der Waals surface area contributed by atoms with Crippen LogP contribution in [0.25, 0.3) is 0 Å². The van der Waals surface area contributed by atoms with Gasteiger partial charge in [0.2, 0.25) is 0 Å². The number of nitriles is 1. The lowest BCUT2D eigenvalue weighted by Gasteiger charge is -2.26. The highest BCUT2D eigenvalue weighted by Crippen LogP contribution is 2.18. The van der Waals surface area contributed by atoms with Gasteiger partial charge in [0, 0.05) is 13.1 Å². The molecular formula is C18H22N2O6S. The number of sulfone groups is 1.